The Hall–Kier alpha value is -2.44. The summed E-state index contributed by atoms with van der Waals surface area (Å²) >= 11 is 0. The third kappa shape index (κ3) is 5.03. The quantitative estimate of drug-likeness (QED) is 0.789. The van der Waals surface area contributed by atoms with Gasteiger partial charge in [0, 0.05) is 38.4 Å². The Morgan fingerprint density at radius 1 is 0.923 bits per heavy atom. The summed E-state index contributed by atoms with van der Waals surface area (Å²) in [6.07, 6.45) is -0.545. The van der Waals surface area contributed by atoms with Gasteiger partial charge in [0.25, 0.3) is 0 Å². The summed E-state index contributed by atoms with van der Waals surface area (Å²) in [6.45, 7) is 4.50. The SMILES string of the molecule is COc1ccc(N2CCN(C[C@@H](O)COc3ccc(O)cc3)CC2)cc1. The zero-order valence-corrected chi connectivity index (χ0v) is 15.0. The topological polar surface area (TPSA) is 65.4 Å². The van der Waals surface area contributed by atoms with Crippen LogP contribution in [0.4, 0.5) is 5.69 Å². The zero-order valence-electron chi connectivity index (χ0n) is 15.0. The number of anilines is 1. The molecule has 0 aliphatic carbocycles. The lowest BCUT2D eigenvalue weighted by atomic mass is 10.2. The van der Waals surface area contributed by atoms with Crippen molar-refractivity contribution in [2.45, 2.75) is 6.10 Å². The monoisotopic (exact) mass is 358 g/mol. The number of methoxy groups -OCH3 is 1. The van der Waals surface area contributed by atoms with Crippen LogP contribution in [-0.2, 0) is 0 Å². The maximum atomic E-state index is 10.2. The number of β-amino-alcohol motifs (C(OH)–C–C–N with tert-alkyl or cyclic N) is 1. The highest BCUT2D eigenvalue weighted by Gasteiger charge is 2.19. The highest BCUT2D eigenvalue weighted by molar-refractivity contribution is 5.49. The van der Waals surface area contributed by atoms with Gasteiger partial charge in [0.15, 0.2) is 0 Å². The fraction of sp³-hybridized carbons (Fsp3) is 0.400. The fourth-order valence-electron chi connectivity index (χ4n) is 3.07. The number of benzene rings is 2. The summed E-state index contributed by atoms with van der Waals surface area (Å²) in [5.41, 5.74) is 1.20. The molecule has 1 fully saturated rings. The highest BCUT2D eigenvalue weighted by atomic mass is 16.5. The molecule has 2 aromatic carbocycles. The normalized spacial score (nSPS) is 16.3. The molecule has 0 radical (unpaired) electrons. The lowest BCUT2D eigenvalue weighted by molar-refractivity contribution is 0.0663. The first-order valence-corrected chi connectivity index (χ1v) is 8.85. The number of hydrogen-bond donors (Lipinski definition) is 2. The summed E-state index contributed by atoms with van der Waals surface area (Å²) < 4.78 is 10.8. The molecule has 2 aromatic rings. The van der Waals surface area contributed by atoms with E-state index in [0.717, 1.165) is 31.9 Å². The van der Waals surface area contributed by atoms with Crippen molar-refractivity contribution >= 4 is 5.69 Å². The van der Waals surface area contributed by atoms with Crippen LogP contribution in [0.1, 0.15) is 0 Å². The summed E-state index contributed by atoms with van der Waals surface area (Å²) in [5, 5.41) is 19.5. The molecular formula is C20H26N2O4. The van der Waals surface area contributed by atoms with E-state index in [0.29, 0.717) is 12.3 Å². The molecule has 1 aliphatic rings. The van der Waals surface area contributed by atoms with Gasteiger partial charge in [0.1, 0.15) is 30.0 Å². The standard InChI is InChI=1S/C20H26N2O4/c1-25-19-6-2-16(3-7-19)22-12-10-21(11-13-22)14-18(24)15-26-20-8-4-17(23)5-9-20/h2-9,18,23-24H,10-15H2,1H3/t18-/m1/s1. The Kier molecular flexibility index (Phi) is 6.20. The molecule has 26 heavy (non-hydrogen) atoms. The molecule has 1 heterocycles. The summed E-state index contributed by atoms with van der Waals surface area (Å²) in [4.78, 5) is 4.60. The molecule has 6 nitrogen and oxygen atoms in total. The van der Waals surface area contributed by atoms with E-state index < -0.39 is 6.10 Å². The average molecular weight is 358 g/mol. The molecule has 1 saturated heterocycles. The van der Waals surface area contributed by atoms with Crippen molar-refractivity contribution in [1.29, 1.82) is 0 Å². The number of aliphatic hydroxyl groups excluding tert-OH is 1. The van der Waals surface area contributed by atoms with E-state index in [1.54, 1.807) is 31.4 Å². The van der Waals surface area contributed by atoms with Crippen LogP contribution in [0.2, 0.25) is 0 Å². The van der Waals surface area contributed by atoms with Crippen LogP contribution >= 0.6 is 0 Å². The third-order valence-electron chi connectivity index (χ3n) is 4.56. The van der Waals surface area contributed by atoms with Gasteiger partial charge in [-0.05, 0) is 48.5 Å². The smallest absolute Gasteiger partial charge is 0.119 e. The van der Waals surface area contributed by atoms with Crippen LogP contribution in [0.5, 0.6) is 17.2 Å². The lowest BCUT2D eigenvalue weighted by Crippen LogP contribution is -2.49. The van der Waals surface area contributed by atoms with Gasteiger partial charge in [-0.1, -0.05) is 0 Å². The number of nitrogens with zero attached hydrogens (tertiary/aromatic N) is 2. The van der Waals surface area contributed by atoms with E-state index in [2.05, 4.69) is 21.9 Å². The van der Waals surface area contributed by atoms with Crippen LogP contribution in [0, 0.1) is 0 Å². The number of aliphatic hydroxyl groups is 1. The van der Waals surface area contributed by atoms with Gasteiger partial charge in [-0.15, -0.1) is 0 Å². The summed E-state index contributed by atoms with van der Waals surface area (Å²) in [6, 6.07) is 14.6. The zero-order chi connectivity index (χ0) is 18.4. The third-order valence-corrected chi connectivity index (χ3v) is 4.56. The van der Waals surface area contributed by atoms with Crippen LogP contribution in [0.15, 0.2) is 48.5 Å². The van der Waals surface area contributed by atoms with Gasteiger partial charge >= 0.3 is 0 Å². The summed E-state index contributed by atoms with van der Waals surface area (Å²) in [7, 11) is 1.67. The maximum absolute atomic E-state index is 10.2. The number of ether oxygens (including phenoxy) is 2. The van der Waals surface area contributed by atoms with Crippen LogP contribution < -0.4 is 14.4 Å². The van der Waals surface area contributed by atoms with Crippen molar-refractivity contribution < 1.29 is 19.7 Å². The molecule has 1 aliphatic heterocycles. The minimum absolute atomic E-state index is 0.202. The number of rotatable bonds is 7. The Bertz CT molecular complexity index is 667. The molecule has 2 N–H and O–H groups in total. The predicted molar refractivity (Wildman–Crippen MR) is 101 cm³/mol. The van der Waals surface area contributed by atoms with Crippen LogP contribution in [0.3, 0.4) is 0 Å². The van der Waals surface area contributed by atoms with E-state index in [4.69, 9.17) is 9.47 Å². The Labute approximate surface area is 154 Å². The Morgan fingerprint density at radius 2 is 1.54 bits per heavy atom. The number of aromatic hydroxyl groups is 1. The molecule has 140 valence electrons. The first-order valence-electron chi connectivity index (χ1n) is 8.85. The molecule has 0 bridgehead atoms. The van der Waals surface area contributed by atoms with Gasteiger partial charge in [-0.2, -0.15) is 0 Å². The van der Waals surface area contributed by atoms with Crippen molar-refractivity contribution in [2.75, 3.05) is 51.3 Å². The van der Waals surface area contributed by atoms with Crippen LogP contribution in [-0.4, -0.2) is 67.7 Å². The molecule has 3 rings (SSSR count). The molecule has 0 saturated carbocycles. The van der Waals surface area contributed by atoms with Crippen molar-refractivity contribution in [3.63, 3.8) is 0 Å². The van der Waals surface area contributed by atoms with E-state index in [9.17, 15) is 10.2 Å². The van der Waals surface area contributed by atoms with Crippen molar-refractivity contribution in [1.82, 2.24) is 4.90 Å². The first kappa shape index (κ1) is 18.4. The lowest BCUT2D eigenvalue weighted by Gasteiger charge is -2.36. The molecule has 6 heteroatoms. The molecule has 0 amide bonds. The second kappa shape index (κ2) is 8.78. The van der Waals surface area contributed by atoms with Crippen LogP contribution in [0.25, 0.3) is 0 Å². The predicted octanol–water partition coefficient (Wildman–Crippen LogP) is 1.96. The second-order valence-electron chi connectivity index (χ2n) is 6.44. The minimum atomic E-state index is -0.545. The van der Waals surface area contributed by atoms with Gasteiger partial charge in [0.2, 0.25) is 0 Å². The highest BCUT2D eigenvalue weighted by Crippen LogP contribution is 2.20. The first-order chi connectivity index (χ1) is 12.6. The summed E-state index contributed by atoms with van der Waals surface area (Å²) in [5.74, 6) is 1.71. The second-order valence-corrected chi connectivity index (χ2v) is 6.44. The number of phenolic OH excluding ortho intramolecular Hbond substituents is 1. The molecule has 0 unspecified atom stereocenters. The van der Waals surface area contributed by atoms with Crippen molar-refractivity contribution in [3.05, 3.63) is 48.5 Å². The largest absolute Gasteiger partial charge is 0.508 e. The molecule has 0 aromatic heterocycles. The Balaban J connectivity index is 1.40. The molecule has 1 atom stereocenters. The minimum Gasteiger partial charge on any atom is -0.508 e. The fourth-order valence-corrected chi connectivity index (χ4v) is 3.07. The van der Waals surface area contributed by atoms with Crippen molar-refractivity contribution in [2.24, 2.45) is 0 Å². The van der Waals surface area contributed by atoms with Gasteiger partial charge in [-0.3, -0.25) is 4.90 Å². The van der Waals surface area contributed by atoms with E-state index in [1.165, 1.54) is 5.69 Å². The maximum Gasteiger partial charge on any atom is 0.119 e. The van der Waals surface area contributed by atoms with Gasteiger partial charge in [-0.25, -0.2) is 0 Å². The molecular weight excluding hydrogens is 332 g/mol. The van der Waals surface area contributed by atoms with Gasteiger partial charge in [0.05, 0.1) is 7.11 Å². The van der Waals surface area contributed by atoms with E-state index in [1.807, 2.05) is 12.1 Å². The van der Waals surface area contributed by atoms with Crippen molar-refractivity contribution in [3.8, 4) is 17.2 Å². The molecule has 0 spiro atoms. The average Bonchev–Trinajstić information content (AvgIpc) is 2.68. The van der Waals surface area contributed by atoms with Gasteiger partial charge < -0.3 is 24.6 Å². The van der Waals surface area contributed by atoms with E-state index >= 15 is 0 Å². The number of hydrogen-bond acceptors (Lipinski definition) is 6. The number of piperazine rings is 1. The van der Waals surface area contributed by atoms with E-state index in [-0.39, 0.29) is 12.4 Å². The number of phenols is 1. The Morgan fingerprint density at radius 3 is 2.15 bits per heavy atom.